The fourth-order valence-electron chi connectivity index (χ4n) is 3.92. The smallest absolute Gasteiger partial charge is 0.260 e. The Kier molecular flexibility index (Phi) is 6.40. The van der Waals surface area contributed by atoms with E-state index in [0.29, 0.717) is 22.3 Å². The lowest BCUT2D eigenvalue weighted by molar-refractivity contribution is 0.0985. The van der Waals surface area contributed by atoms with Gasteiger partial charge in [0.25, 0.3) is 5.91 Å². The number of fused-ring (bicyclic) bond motifs is 1. The minimum atomic E-state index is -3.58. The molecule has 0 N–H and O–H groups in total. The van der Waals surface area contributed by atoms with Gasteiger partial charge in [-0.05, 0) is 61.2 Å². The summed E-state index contributed by atoms with van der Waals surface area (Å²) in [7, 11) is -1.98. The van der Waals surface area contributed by atoms with E-state index in [2.05, 4.69) is 0 Å². The molecular formula is C26H24ClN3O3S2. The summed E-state index contributed by atoms with van der Waals surface area (Å²) in [6.07, 6.45) is 1.76. The van der Waals surface area contributed by atoms with Crippen LogP contribution in [-0.4, -0.2) is 36.7 Å². The van der Waals surface area contributed by atoms with Crippen LogP contribution in [0.1, 0.15) is 34.3 Å². The predicted molar refractivity (Wildman–Crippen MR) is 141 cm³/mol. The zero-order valence-electron chi connectivity index (χ0n) is 19.3. The lowest BCUT2D eigenvalue weighted by Gasteiger charge is -2.21. The molecule has 1 heterocycles. The van der Waals surface area contributed by atoms with E-state index in [-0.39, 0.29) is 16.8 Å². The van der Waals surface area contributed by atoms with Crippen molar-refractivity contribution in [3.05, 3.63) is 88.4 Å². The SMILES string of the molecule is Cc1ccc(Cl)c2sc(N(Cc3ccccc3)C(=O)c3ccc(S(=O)(=O)N(C)C4CC4)cc3)nc12. The second-order valence-corrected chi connectivity index (χ2v) is 12.1. The number of benzene rings is 3. The average molecular weight is 526 g/mol. The van der Waals surface area contributed by atoms with Crippen LogP contribution in [0.15, 0.2) is 71.6 Å². The van der Waals surface area contributed by atoms with E-state index >= 15 is 0 Å². The van der Waals surface area contributed by atoms with E-state index < -0.39 is 10.0 Å². The largest absolute Gasteiger partial charge is 0.279 e. The third-order valence-electron chi connectivity index (χ3n) is 6.18. The van der Waals surface area contributed by atoms with E-state index in [4.69, 9.17) is 16.6 Å². The normalized spacial score (nSPS) is 13.9. The zero-order valence-corrected chi connectivity index (χ0v) is 21.7. The maximum absolute atomic E-state index is 13.7. The summed E-state index contributed by atoms with van der Waals surface area (Å²) in [6, 6.07) is 19.6. The molecule has 4 aromatic rings. The first kappa shape index (κ1) is 23.9. The topological polar surface area (TPSA) is 70.6 Å². The zero-order chi connectivity index (χ0) is 24.7. The lowest BCUT2D eigenvalue weighted by Crippen LogP contribution is -2.31. The van der Waals surface area contributed by atoms with Gasteiger partial charge in [-0.25, -0.2) is 13.4 Å². The first-order valence-electron chi connectivity index (χ1n) is 11.3. The summed E-state index contributed by atoms with van der Waals surface area (Å²) in [5.41, 5.74) is 3.09. The van der Waals surface area contributed by atoms with Crippen LogP contribution >= 0.6 is 22.9 Å². The van der Waals surface area contributed by atoms with Crippen molar-refractivity contribution in [1.29, 1.82) is 0 Å². The standard InChI is InChI=1S/C26H24ClN3O3S2/c1-17-8-15-22(27)24-23(17)28-26(34-24)30(16-18-6-4-3-5-7-18)25(31)19-9-13-21(14-10-19)35(32,33)29(2)20-11-12-20/h3-10,13-15,20H,11-12,16H2,1-2H3. The van der Waals surface area contributed by atoms with Crippen molar-refractivity contribution in [3.8, 4) is 0 Å². The number of amides is 1. The Hall–Kier alpha value is -2.78. The highest BCUT2D eigenvalue weighted by atomic mass is 35.5. The predicted octanol–water partition coefficient (Wildman–Crippen LogP) is 5.89. The van der Waals surface area contributed by atoms with Crippen LogP contribution in [0.25, 0.3) is 10.2 Å². The molecule has 1 fully saturated rings. The highest BCUT2D eigenvalue weighted by molar-refractivity contribution is 7.89. The van der Waals surface area contributed by atoms with Gasteiger partial charge in [0.15, 0.2) is 5.13 Å². The van der Waals surface area contributed by atoms with Gasteiger partial charge >= 0.3 is 0 Å². The Labute approximate surface area is 213 Å². The molecule has 180 valence electrons. The van der Waals surface area contributed by atoms with Crippen molar-refractivity contribution in [2.75, 3.05) is 11.9 Å². The van der Waals surface area contributed by atoms with Gasteiger partial charge in [-0.15, -0.1) is 0 Å². The van der Waals surface area contributed by atoms with Crippen LogP contribution in [0.5, 0.6) is 0 Å². The van der Waals surface area contributed by atoms with Crippen LogP contribution in [0.4, 0.5) is 5.13 Å². The highest BCUT2D eigenvalue weighted by Crippen LogP contribution is 2.37. The second kappa shape index (κ2) is 9.35. The van der Waals surface area contributed by atoms with Crippen LogP contribution in [0.3, 0.4) is 0 Å². The van der Waals surface area contributed by atoms with Gasteiger partial charge in [0.05, 0.1) is 26.7 Å². The second-order valence-electron chi connectivity index (χ2n) is 8.69. The van der Waals surface area contributed by atoms with Crippen LogP contribution < -0.4 is 4.90 Å². The number of sulfonamides is 1. The van der Waals surface area contributed by atoms with Crippen LogP contribution in [0.2, 0.25) is 5.02 Å². The fourth-order valence-corrected chi connectivity index (χ4v) is 6.65. The maximum Gasteiger partial charge on any atom is 0.260 e. The van der Waals surface area contributed by atoms with Gasteiger partial charge in [0.1, 0.15) is 0 Å². The quantitative estimate of drug-likeness (QED) is 0.302. The minimum Gasteiger partial charge on any atom is -0.279 e. The summed E-state index contributed by atoms with van der Waals surface area (Å²) in [5.74, 6) is -0.263. The Morgan fingerprint density at radius 2 is 1.74 bits per heavy atom. The molecule has 6 nitrogen and oxygen atoms in total. The molecule has 35 heavy (non-hydrogen) atoms. The van der Waals surface area contributed by atoms with Gasteiger partial charge in [-0.3, -0.25) is 9.69 Å². The van der Waals surface area contributed by atoms with E-state index in [1.54, 1.807) is 24.1 Å². The molecule has 1 saturated carbocycles. The number of aromatic nitrogens is 1. The first-order valence-corrected chi connectivity index (χ1v) is 13.9. The molecule has 1 amide bonds. The number of nitrogens with zero attached hydrogens (tertiary/aromatic N) is 3. The molecule has 0 unspecified atom stereocenters. The van der Waals surface area contributed by atoms with Crippen molar-refractivity contribution in [3.63, 3.8) is 0 Å². The summed E-state index contributed by atoms with van der Waals surface area (Å²) >= 11 is 7.79. The van der Waals surface area contributed by atoms with Gasteiger partial charge in [0, 0.05) is 18.7 Å². The molecular weight excluding hydrogens is 502 g/mol. The van der Waals surface area contributed by atoms with Gasteiger partial charge in [0.2, 0.25) is 10.0 Å². The minimum absolute atomic E-state index is 0.0667. The van der Waals surface area contributed by atoms with E-state index in [9.17, 15) is 13.2 Å². The van der Waals surface area contributed by atoms with Crippen LogP contribution in [0, 0.1) is 6.92 Å². The number of carbonyl (C=O) groups is 1. The number of thiazole rings is 1. The Morgan fingerprint density at radius 1 is 1.06 bits per heavy atom. The van der Waals surface area contributed by atoms with Gasteiger partial charge < -0.3 is 0 Å². The molecule has 1 aliphatic carbocycles. The molecule has 0 atom stereocenters. The van der Waals surface area contributed by atoms with Crippen LogP contribution in [-0.2, 0) is 16.6 Å². The number of hydrogen-bond donors (Lipinski definition) is 0. The molecule has 5 rings (SSSR count). The Bertz CT molecular complexity index is 1460. The highest BCUT2D eigenvalue weighted by Gasteiger charge is 2.35. The van der Waals surface area contributed by atoms with Gasteiger partial charge in [-0.1, -0.05) is 59.3 Å². The molecule has 1 aliphatic rings. The maximum atomic E-state index is 13.7. The van der Waals surface area contributed by atoms with Crippen molar-refractivity contribution < 1.29 is 13.2 Å². The molecule has 0 spiro atoms. The monoisotopic (exact) mass is 525 g/mol. The van der Waals surface area contributed by atoms with E-state index in [1.165, 1.54) is 27.8 Å². The number of carbonyl (C=O) groups excluding carboxylic acids is 1. The van der Waals surface area contributed by atoms with Crippen molar-refractivity contribution in [2.45, 2.75) is 37.2 Å². The molecule has 0 saturated heterocycles. The fraction of sp³-hybridized carbons (Fsp3) is 0.231. The molecule has 1 aromatic heterocycles. The summed E-state index contributed by atoms with van der Waals surface area (Å²) in [4.78, 5) is 20.3. The average Bonchev–Trinajstić information content (AvgIpc) is 3.62. The molecule has 0 bridgehead atoms. The summed E-state index contributed by atoms with van der Waals surface area (Å²) in [6.45, 7) is 2.28. The number of hydrogen-bond acceptors (Lipinski definition) is 5. The summed E-state index contributed by atoms with van der Waals surface area (Å²) in [5, 5.41) is 1.13. The lowest BCUT2D eigenvalue weighted by atomic mass is 10.1. The summed E-state index contributed by atoms with van der Waals surface area (Å²) < 4.78 is 28.0. The Morgan fingerprint density at radius 3 is 2.37 bits per heavy atom. The molecule has 0 aliphatic heterocycles. The first-order chi connectivity index (χ1) is 16.8. The third-order valence-corrected chi connectivity index (χ3v) is 9.65. The Balaban J connectivity index is 1.51. The van der Waals surface area contributed by atoms with Crippen molar-refractivity contribution >= 4 is 54.2 Å². The molecule has 9 heteroatoms. The number of anilines is 1. The third kappa shape index (κ3) is 4.71. The number of aryl methyl sites for hydroxylation is 1. The number of rotatable bonds is 7. The van der Waals surface area contributed by atoms with Gasteiger partial charge in [-0.2, -0.15) is 4.31 Å². The van der Waals surface area contributed by atoms with Crippen molar-refractivity contribution in [2.24, 2.45) is 0 Å². The number of halogens is 1. The molecule has 3 aromatic carbocycles. The van der Waals surface area contributed by atoms with E-state index in [1.807, 2.05) is 49.4 Å². The van der Waals surface area contributed by atoms with E-state index in [0.717, 1.165) is 34.2 Å². The molecule has 0 radical (unpaired) electrons. The van der Waals surface area contributed by atoms with Crippen molar-refractivity contribution in [1.82, 2.24) is 9.29 Å².